The van der Waals surface area contributed by atoms with Crippen molar-refractivity contribution < 1.29 is 0 Å². The zero-order valence-corrected chi connectivity index (χ0v) is 4.58. The van der Waals surface area contributed by atoms with Crippen molar-refractivity contribution in [2.45, 2.75) is 6.42 Å². The van der Waals surface area contributed by atoms with Crippen LogP contribution in [-0.4, -0.2) is 33.8 Å². The molecule has 3 nitrogen and oxygen atoms in total. The van der Waals surface area contributed by atoms with Crippen LogP contribution in [0.4, 0.5) is 0 Å². The van der Waals surface area contributed by atoms with Gasteiger partial charge < -0.3 is 4.72 Å². The Labute approximate surface area is 51.3 Å². The van der Waals surface area contributed by atoms with Gasteiger partial charge in [0.25, 0.3) is 0 Å². The predicted molar refractivity (Wildman–Crippen MR) is 33.5 cm³/mol. The van der Waals surface area contributed by atoms with Gasteiger partial charge in [0.2, 0.25) is 0 Å². The topological polar surface area (TPSA) is 32.7 Å². The van der Waals surface area contributed by atoms with Crippen molar-refractivity contribution in [2.75, 3.05) is 13.1 Å². The van der Waals surface area contributed by atoms with Gasteiger partial charge in [0.05, 0.1) is 6.54 Å². The normalized spacial score (nSPS) is 9.62. The molecule has 0 saturated heterocycles. The van der Waals surface area contributed by atoms with Crippen molar-refractivity contribution >= 4 is 16.0 Å². The number of rotatable bonds is 4. The largest absolute Gasteiger partial charge is 0.404 e. The summed E-state index contributed by atoms with van der Waals surface area (Å²) in [6, 6.07) is 0. The van der Waals surface area contributed by atoms with Gasteiger partial charge in [0.1, 0.15) is 0 Å². The fourth-order valence-electron chi connectivity index (χ4n) is 0.318. The molecule has 0 aromatic heterocycles. The summed E-state index contributed by atoms with van der Waals surface area (Å²) >= 11 is 0. The van der Waals surface area contributed by atoms with Gasteiger partial charge in [0.15, 0.2) is 16.0 Å². The van der Waals surface area contributed by atoms with Crippen molar-refractivity contribution in [1.82, 2.24) is 4.72 Å². The van der Waals surface area contributed by atoms with E-state index >= 15 is 0 Å². The van der Waals surface area contributed by atoms with Gasteiger partial charge in [-0.1, -0.05) is 5.18 Å². The van der Waals surface area contributed by atoms with Crippen molar-refractivity contribution in [1.29, 1.82) is 0 Å². The summed E-state index contributed by atoms with van der Waals surface area (Å²) in [5.41, 5.74) is 0. The second kappa shape index (κ2) is 4.84. The highest BCUT2D eigenvalue weighted by molar-refractivity contribution is 6.24. The zero-order valence-electron chi connectivity index (χ0n) is 4.58. The molecule has 0 aromatic rings. The minimum atomic E-state index is 0.283. The molecule has 0 aromatic carbocycles. The van der Waals surface area contributed by atoms with E-state index in [-0.39, 0.29) is 6.54 Å². The van der Waals surface area contributed by atoms with Crippen LogP contribution < -0.4 is 0 Å². The Bertz CT molecular complexity index is 68.3. The zero-order chi connectivity index (χ0) is 6.41. The van der Waals surface area contributed by atoms with E-state index in [4.69, 9.17) is 16.0 Å². The highest BCUT2D eigenvalue weighted by Crippen LogP contribution is 1.80. The highest BCUT2D eigenvalue weighted by Gasteiger charge is 1.87. The summed E-state index contributed by atoms with van der Waals surface area (Å²) in [5, 5.41) is 2.62. The van der Waals surface area contributed by atoms with Crippen LogP contribution >= 0.6 is 0 Å². The third-order valence-electron chi connectivity index (χ3n) is 0.666. The lowest BCUT2D eigenvalue weighted by atomic mass is 10.1. The highest BCUT2D eigenvalue weighted by atomic mass is 16.3. The molecular weight excluding hydrogens is 102 g/mol. The van der Waals surface area contributed by atoms with E-state index in [1.165, 1.54) is 0 Å². The molecule has 0 aliphatic rings. The molecular formula is C3H6B2N2O. The third kappa shape index (κ3) is 5.69. The maximum absolute atomic E-state index is 9.44. The average Bonchev–Trinajstić information content (AvgIpc) is 1.66. The smallest absolute Gasteiger partial charge is 0.166 e. The molecule has 0 rings (SSSR count). The Kier molecular flexibility index (Phi) is 4.65. The lowest BCUT2D eigenvalue weighted by Crippen LogP contribution is -2.17. The number of hydrogen-bond acceptors (Lipinski definition) is 3. The molecule has 0 heterocycles. The molecule has 0 fully saturated rings. The Balaban J connectivity index is 2.81. The standard InChI is InChI=1S/C3H6B2N2O/c4-7(5)3-1-2-6-8/h1-3H2. The maximum atomic E-state index is 9.44. The number of nitrogens with zero attached hydrogens (tertiary/aromatic N) is 2. The van der Waals surface area contributed by atoms with Crippen LogP contribution in [0.15, 0.2) is 5.18 Å². The molecule has 0 unspecified atom stereocenters. The van der Waals surface area contributed by atoms with Crippen molar-refractivity contribution in [3.05, 3.63) is 4.91 Å². The Morgan fingerprint density at radius 1 is 1.50 bits per heavy atom. The van der Waals surface area contributed by atoms with Crippen LogP contribution in [0.25, 0.3) is 0 Å². The van der Waals surface area contributed by atoms with Crippen LogP contribution in [-0.2, 0) is 0 Å². The van der Waals surface area contributed by atoms with Crippen molar-refractivity contribution in [2.24, 2.45) is 5.18 Å². The van der Waals surface area contributed by atoms with E-state index in [0.717, 1.165) is 4.72 Å². The molecule has 0 aliphatic carbocycles. The Morgan fingerprint density at radius 3 is 2.50 bits per heavy atom. The van der Waals surface area contributed by atoms with E-state index in [9.17, 15) is 4.91 Å². The van der Waals surface area contributed by atoms with E-state index in [1.807, 2.05) is 0 Å². The first-order valence-electron chi connectivity index (χ1n) is 2.33. The summed E-state index contributed by atoms with van der Waals surface area (Å²) in [4.78, 5) is 9.44. The van der Waals surface area contributed by atoms with Crippen LogP contribution in [0.5, 0.6) is 0 Å². The second-order valence-electron chi connectivity index (χ2n) is 1.44. The molecule has 0 atom stereocenters. The van der Waals surface area contributed by atoms with Gasteiger partial charge in [-0.05, 0) is 13.0 Å². The summed E-state index contributed by atoms with van der Waals surface area (Å²) in [5.74, 6) is 0. The number of nitroso groups, excluding NO2 is 1. The molecule has 0 N–H and O–H groups in total. The fraction of sp³-hybridized carbons (Fsp3) is 1.00. The van der Waals surface area contributed by atoms with Gasteiger partial charge in [-0.2, -0.15) is 4.91 Å². The average molecular weight is 108 g/mol. The summed E-state index contributed by atoms with van der Waals surface area (Å²) < 4.78 is 1.03. The van der Waals surface area contributed by atoms with Gasteiger partial charge >= 0.3 is 0 Å². The summed E-state index contributed by atoms with van der Waals surface area (Å²) in [6.07, 6.45) is 0.622. The predicted octanol–water partition coefficient (Wildman–Crippen LogP) is -0.388. The van der Waals surface area contributed by atoms with Crippen LogP contribution in [0.1, 0.15) is 6.42 Å². The van der Waals surface area contributed by atoms with Gasteiger partial charge in [-0.25, -0.2) is 0 Å². The van der Waals surface area contributed by atoms with E-state index in [1.54, 1.807) is 0 Å². The summed E-state index contributed by atoms with van der Waals surface area (Å²) in [6.45, 7) is 0.788. The lowest BCUT2D eigenvalue weighted by Gasteiger charge is -2.06. The van der Waals surface area contributed by atoms with Gasteiger partial charge in [0, 0.05) is 0 Å². The molecule has 40 valence electrons. The maximum Gasteiger partial charge on any atom is 0.166 e. The molecule has 0 amide bonds. The summed E-state index contributed by atoms with van der Waals surface area (Å²) in [7, 11) is 10.0. The molecule has 8 heavy (non-hydrogen) atoms. The van der Waals surface area contributed by atoms with Crippen LogP contribution in [0, 0.1) is 4.91 Å². The first-order chi connectivity index (χ1) is 3.77. The molecule has 0 bridgehead atoms. The molecule has 0 aliphatic heterocycles. The quantitative estimate of drug-likeness (QED) is 0.279. The molecule has 0 spiro atoms. The minimum Gasteiger partial charge on any atom is -0.404 e. The Morgan fingerprint density at radius 2 is 2.12 bits per heavy atom. The monoisotopic (exact) mass is 108 g/mol. The molecule has 4 radical (unpaired) electrons. The van der Waals surface area contributed by atoms with E-state index in [2.05, 4.69) is 5.18 Å². The van der Waals surface area contributed by atoms with Gasteiger partial charge in [-0.3, -0.25) is 0 Å². The second-order valence-corrected chi connectivity index (χ2v) is 1.44. The van der Waals surface area contributed by atoms with Crippen LogP contribution in [0.3, 0.4) is 0 Å². The van der Waals surface area contributed by atoms with Gasteiger partial charge in [-0.15, -0.1) is 0 Å². The molecule has 0 saturated carbocycles. The minimum absolute atomic E-state index is 0.283. The van der Waals surface area contributed by atoms with Crippen molar-refractivity contribution in [3.63, 3.8) is 0 Å². The third-order valence-corrected chi connectivity index (χ3v) is 0.666. The van der Waals surface area contributed by atoms with Crippen LogP contribution in [0.2, 0.25) is 0 Å². The number of hydrogen-bond donors (Lipinski definition) is 0. The molecule has 5 heteroatoms. The SMILES string of the molecule is [B]N([B])CCCN=O. The first-order valence-corrected chi connectivity index (χ1v) is 2.33. The van der Waals surface area contributed by atoms with Crippen molar-refractivity contribution in [3.8, 4) is 0 Å². The fourth-order valence-corrected chi connectivity index (χ4v) is 0.318. The Hall–Kier alpha value is -0.310. The van der Waals surface area contributed by atoms with E-state index in [0.29, 0.717) is 13.0 Å². The first kappa shape index (κ1) is 7.69. The lowest BCUT2D eigenvalue weighted by molar-refractivity contribution is 0.650. The van der Waals surface area contributed by atoms with E-state index < -0.39 is 0 Å².